The van der Waals surface area contributed by atoms with E-state index in [-0.39, 0.29) is 23.3 Å². The number of hydrogen-bond acceptors (Lipinski definition) is 4. The largest absolute Gasteiger partial charge is 0.432 e. The van der Waals surface area contributed by atoms with Gasteiger partial charge in [0.2, 0.25) is 0 Å². The molecule has 2 bridgehead atoms. The van der Waals surface area contributed by atoms with E-state index < -0.39 is 17.5 Å². The minimum Gasteiger partial charge on any atom is -0.432 e. The van der Waals surface area contributed by atoms with Crippen LogP contribution in [0, 0.1) is 11.6 Å². The Balaban J connectivity index is 1.50. The summed E-state index contributed by atoms with van der Waals surface area (Å²) >= 11 is 0. The monoisotopic (exact) mass is 319 g/mol. The molecular weight excluding hydrogens is 304 g/mol. The number of nitrogens with zero attached hydrogens (tertiary/aromatic N) is 1. The van der Waals surface area contributed by atoms with Crippen LogP contribution in [0.5, 0.6) is 0 Å². The first-order valence-corrected chi connectivity index (χ1v) is 7.58. The SMILES string of the molecule is O=C(N[C@@H]1C[C@H]2CC[C@@H]1N2)c1ncc(-c2cc(F)cc(F)c2)o1. The zero-order chi connectivity index (χ0) is 16.0. The van der Waals surface area contributed by atoms with E-state index in [2.05, 4.69) is 15.6 Å². The van der Waals surface area contributed by atoms with Crippen molar-refractivity contribution >= 4 is 5.91 Å². The summed E-state index contributed by atoms with van der Waals surface area (Å²) < 4.78 is 31.8. The average Bonchev–Trinajstić information content (AvgIpc) is 3.22. The van der Waals surface area contributed by atoms with Crippen LogP contribution in [-0.4, -0.2) is 29.0 Å². The normalized spacial score (nSPS) is 25.7. The Morgan fingerprint density at radius 3 is 2.70 bits per heavy atom. The van der Waals surface area contributed by atoms with Crippen molar-refractivity contribution < 1.29 is 18.0 Å². The minimum atomic E-state index is -0.713. The number of amides is 1. The van der Waals surface area contributed by atoms with Gasteiger partial charge in [0.15, 0.2) is 5.76 Å². The Labute approximate surface area is 131 Å². The number of hydrogen-bond donors (Lipinski definition) is 2. The molecule has 3 atom stereocenters. The molecule has 2 aliphatic rings. The first-order valence-electron chi connectivity index (χ1n) is 7.58. The molecule has 0 aliphatic carbocycles. The predicted molar refractivity (Wildman–Crippen MR) is 77.7 cm³/mol. The average molecular weight is 319 g/mol. The predicted octanol–water partition coefficient (Wildman–Crippen LogP) is 2.24. The molecule has 5 nitrogen and oxygen atoms in total. The third-order valence-electron chi connectivity index (χ3n) is 4.46. The lowest BCUT2D eigenvalue weighted by molar-refractivity contribution is 0.0896. The van der Waals surface area contributed by atoms with Gasteiger partial charge in [0.1, 0.15) is 11.6 Å². The van der Waals surface area contributed by atoms with E-state index >= 15 is 0 Å². The minimum absolute atomic E-state index is 0.0724. The van der Waals surface area contributed by atoms with Gasteiger partial charge >= 0.3 is 5.91 Å². The third-order valence-corrected chi connectivity index (χ3v) is 4.46. The molecule has 120 valence electrons. The summed E-state index contributed by atoms with van der Waals surface area (Å²) in [5.41, 5.74) is 0.204. The molecule has 4 rings (SSSR count). The van der Waals surface area contributed by atoms with Crippen LogP contribution in [0.2, 0.25) is 0 Å². The number of benzene rings is 1. The summed E-state index contributed by atoms with van der Waals surface area (Å²) in [7, 11) is 0. The highest BCUT2D eigenvalue weighted by molar-refractivity contribution is 5.90. The fraction of sp³-hybridized carbons (Fsp3) is 0.375. The first-order chi connectivity index (χ1) is 11.1. The molecule has 2 aromatic rings. The number of halogens is 2. The molecule has 2 aliphatic heterocycles. The Bertz CT molecular complexity index is 741. The van der Waals surface area contributed by atoms with E-state index in [1.54, 1.807) is 0 Å². The highest BCUT2D eigenvalue weighted by atomic mass is 19.1. The second-order valence-electron chi connectivity index (χ2n) is 6.05. The Morgan fingerprint density at radius 2 is 2.04 bits per heavy atom. The van der Waals surface area contributed by atoms with Gasteiger partial charge < -0.3 is 15.1 Å². The second kappa shape index (κ2) is 5.42. The van der Waals surface area contributed by atoms with Crippen molar-refractivity contribution in [1.29, 1.82) is 0 Å². The van der Waals surface area contributed by atoms with Gasteiger partial charge in [0, 0.05) is 29.8 Å². The molecule has 1 aromatic carbocycles. The number of carbonyl (C=O) groups is 1. The molecule has 23 heavy (non-hydrogen) atoms. The Kier molecular flexibility index (Phi) is 3.37. The summed E-state index contributed by atoms with van der Waals surface area (Å²) in [6.45, 7) is 0. The van der Waals surface area contributed by atoms with Crippen molar-refractivity contribution in [1.82, 2.24) is 15.6 Å². The standard InChI is InChI=1S/C16H15F2N3O2/c17-9-3-8(4-10(18)5-9)14-7-19-16(23-14)15(22)21-13-6-11-1-2-12(13)20-11/h3-5,7,11-13,20H,1-2,6H2,(H,21,22)/t11-,12+,13-/m1/s1. The number of aromatic nitrogens is 1. The molecule has 1 amide bonds. The topological polar surface area (TPSA) is 67.2 Å². The fourth-order valence-electron chi connectivity index (χ4n) is 3.42. The van der Waals surface area contributed by atoms with E-state index in [4.69, 9.17) is 4.42 Å². The first kappa shape index (κ1) is 14.3. The van der Waals surface area contributed by atoms with Crippen molar-refractivity contribution in [3.63, 3.8) is 0 Å². The van der Waals surface area contributed by atoms with E-state index in [9.17, 15) is 13.6 Å². The van der Waals surface area contributed by atoms with Gasteiger partial charge in [-0.1, -0.05) is 0 Å². The maximum atomic E-state index is 13.2. The van der Waals surface area contributed by atoms with E-state index in [1.807, 2.05) is 0 Å². The molecule has 0 spiro atoms. The molecular formula is C16H15F2N3O2. The lowest BCUT2D eigenvalue weighted by atomic mass is 9.95. The summed E-state index contributed by atoms with van der Waals surface area (Å²) in [6, 6.07) is 3.88. The Morgan fingerprint density at radius 1 is 1.26 bits per heavy atom. The molecule has 2 N–H and O–H groups in total. The number of fused-ring (bicyclic) bond motifs is 2. The highest BCUT2D eigenvalue weighted by Crippen LogP contribution is 2.28. The van der Waals surface area contributed by atoms with Crippen LogP contribution in [0.4, 0.5) is 8.78 Å². The smallest absolute Gasteiger partial charge is 0.307 e. The number of oxazole rings is 1. The van der Waals surface area contributed by atoms with Crippen LogP contribution >= 0.6 is 0 Å². The number of rotatable bonds is 3. The number of carbonyl (C=O) groups excluding carboxylic acids is 1. The second-order valence-corrected chi connectivity index (χ2v) is 6.05. The number of nitrogens with one attached hydrogen (secondary N) is 2. The van der Waals surface area contributed by atoms with Gasteiger partial charge in [-0.15, -0.1) is 0 Å². The summed E-state index contributed by atoms with van der Waals surface area (Å²) in [4.78, 5) is 16.1. The highest BCUT2D eigenvalue weighted by Gasteiger charge is 2.40. The maximum Gasteiger partial charge on any atom is 0.307 e. The quantitative estimate of drug-likeness (QED) is 0.910. The molecule has 0 saturated carbocycles. The maximum absolute atomic E-state index is 13.2. The van der Waals surface area contributed by atoms with Crippen molar-refractivity contribution in [2.45, 2.75) is 37.4 Å². The van der Waals surface area contributed by atoms with Crippen molar-refractivity contribution in [2.24, 2.45) is 0 Å². The zero-order valence-corrected chi connectivity index (χ0v) is 12.2. The van der Waals surface area contributed by atoms with Crippen LogP contribution in [0.3, 0.4) is 0 Å². The summed E-state index contributed by atoms with van der Waals surface area (Å²) in [5.74, 6) is -1.79. The van der Waals surface area contributed by atoms with Crippen LogP contribution in [-0.2, 0) is 0 Å². The lowest BCUT2D eigenvalue weighted by Gasteiger charge is -2.20. The van der Waals surface area contributed by atoms with E-state index in [0.717, 1.165) is 37.5 Å². The summed E-state index contributed by atoms with van der Waals surface area (Å²) in [5, 5.41) is 6.34. The zero-order valence-electron chi connectivity index (χ0n) is 12.2. The fourth-order valence-corrected chi connectivity index (χ4v) is 3.42. The molecule has 0 radical (unpaired) electrons. The molecule has 2 fully saturated rings. The van der Waals surface area contributed by atoms with Crippen LogP contribution < -0.4 is 10.6 Å². The summed E-state index contributed by atoms with van der Waals surface area (Å²) in [6.07, 6.45) is 4.39. The Hall–Kier alpha value is -2.28. The molecule has 0 unspecified atom stereocenters. The van der Waals surface area contributed by atoms with Crippen LogP contribution in [0.1, 0.15) is 29.9 Å². The molecule has 2 saturated heterocycles. The lowest BCUT2D eigenvalue weighted by Crippen LogP contribution is -2.43. The van der Waals surface area contributed by atoms with Gasteiger partial charge in [0.25, 0.3) is 5.89 Å². The van der Waals surface area contributed by atoms with Crippen LogP contribution in [0.25, 0.3) is 11.3 Å². The van der Waals surface area contributed by atoms with Gasteiger partial charge in [-0.05, 0) is 31.4 Å². The van der Waals surface area contributed by atoms with Crippen molar-refractivity contribution in [3.8, 4) is 11.3 Å². The van der Waals surface area contributed by atoms with Gasteiger partial charge in [-0.25, -0.2) is 13.8 Å². The van der Waals surface area contributed by atoms with Crippen molar-refractivity contribution in [3.05, 3.63) is 41.9 Å². The van der Waals surface area contributed by atoms with Gasteiger partial charge in [-0.3, -0.25) is 4.79 Å². The van der Waals surface area contributed by atoms with Gasteiger partial charge in [0.05, 0.1) is 6.20 Å². The molecule has 7 heteroatoms. The van der Waals surface area contributed by atoms with Crippen molar-refractivity contribution in [2.75, 3.05) is 0 Å². The van der Waals surface area contributed by atoms with E-state index in [0.29, 0.717) is 12.1 Å². The van der Waals surface area contributed by atoms with E-state index in [1.165, 1.54) is 6.20 Å². The van der Waals surface area contributed by atoms with Crippen LogP contribution in [0.15, 0.2) is 28.8 Å². The molecule has 1 aromatic heterocycles. The molecule has 3 heterocycles. The van der Waals surface area contributed by atoms with Gasteiger partial charge in [-0.2, -0.15) is 0 Å². The third kappa shape index (κ3) is 2.72.